The minimum absolute atomic E-state index is 0.00529. The molecule has 5 heteroatoms. The van der Waals surface area contributed by atoms with Gasteiger partial charge in [-0.25, -0.2) is 4.79 Å². The van der Waals surface area contributed by atoms with E-state index in [1.54, 1.807) is 6.08 Å². The Kier molecular flexibility index (Phi) is 2.21. The molecule has 1 aromatic rings. The molecule has 0 radical (unpaired) electrons. The maximum atomic E-state index is 11.2. The highest BCUT2D eigenvalue weighted by Crippen LogP contribution is 2.22. The maximum absolute atomic E-state index is 11.2. The predicted octanol–water partition coefficient (Wildman–Crippen LogP) is 1.54. The molecule has 0 bridgehead atoms. The van der Waals surface area contributed by atoms with Gasteiger partial charge in [-0.15, -0.1) is 0 Å². The first-order valence-electron chi connectivity index (χ1n) is 4.30. The van der Waals surface area contributed by atoms with Crippen LogP contribution in [0.15, 0.2) is 30.3 Å². The van der Waals surface area contributed by atoms with Crippen LogP contribution in [0.3, 0.4) is 0 Å². The third-order valence-corrected chi connectivity index (χ3v) is 2.11. The fourth-order valence-electron chi connectivity index (χ4n) is 1.36. The second-order valence-electron chi connectivity index (χ2n) is 3.02. The zero-order valence-electron chi connectivity index (χ0n) is 7.67. The Morgan fingerprint density at radius 2 is 1.93 bits per heavy atom. The van der Waals surface area contributed by atoms with Crippen molar-refractivity contribution < 1.29 is 14.5 Å². The lowest BCUT2D eigenvalue weighted by atomic mass is 10.1. The van der Waals surface area contributed by atoms with Gasteiger partial charge in [-0.05, 0) is 23.8 Å². The zero-order chi connectivity index (χ0) is 10.8. The van der Waals surface area contributed by atoms with Crippen LogP contribution in [0.4, 0.5) is 5.69 Å². The summed E-state index contributed by atoms with van der Waals surface area (Å²) in [4.78, 5) is 21.1. The van der Waals surface area contributed by atoms with Crippen LogP contribution >= 0.6 is 0 Å². The van der Waals surface area contributed by atoms with Crippen LogP contribution in [0.2, 0.25) is 0 Å². The number of benzene rings is 1. The van der Waals surface area contributed by atoms with Crippen LogP contribution < -0.4 is 0 Å². The van der Waals surface area contributed by atoms with Crippen molar-refractivity contribution in [2.45, 2.75) is 0 Å². The normalized spacial score (nSPS) is 14.7. The summed E-state index contributed by atoms with van der Waals surface area (Å²) in [6, 6.07) is 5.80. The Labute approximate surface area is 85.1 Å². The van der Waals surface area contributed by atoms with Crippen LogP contribution in [0.25, 0.3) is 5.57 Å². The minimum atomic E-state index is -0.481. The van der Waals surface area contributed by atoms with E-state index in [4.69, 9.17) is 4.74 Å². The average molecular weight is 205 g/mol. The number of nitrogens with zero attached hydrogens (tertiary/aromatic N) is 1. The van der Waals surface area contributed by atoms with Crippen molar-refractivity contribution in [1.82, 2.24) is 0 Å². The topological polar surface area (TPSA) is 69.4 Å². The zero-order valence-corrected chi connectivity index (χ0v) is 7.67. The van der Waals surface area contributed by atoms with Crippen molar-refractivity contribution in [3.05, 3.63) is 46.0 Å². The Bertz CT molecular complexity index is 447. The summed E-state index contributed by atoms with van der Waals surface area (Å²) in [6.45, 7) is 0.269. The highest BCUT2D eigenvalue weighted by molar-refractivity contribution is 6.18. The van der Waals surface area contributed by atoms with Gasteiger partial charge in [0.15, 0.2) is 0 Å². The molecule has 1 aliphatic heterocycles. The molecular formula is C10H7NO4. The molecule has 0 saturated carbocycles. The molecule has 5 nitrogen and oxygen atoms in total. The molecular weight excluding hydrogens is 198 g/mol. The van der Waals surface area contributed by atoms with Crippen molar-refractivity contribution >= 4 is 17.2 Å². The molecule has 1 heterocycles. The number of non-ortho nitro benzene ring substituents is 1. The fourth-order valence-corrected chi connectivity index (χ4v) is 1.36. The van der Waals surface area contributed by atoms with E-state index in [2.05, 4.69) is 0 Å². The van der Waals surface area contributed by atoms with Gasteiger partial charge in [0, 0.05) is 12.1 Å². The summed E-state index contributed by atoms with van der Waals surface area (Å²) < 4.78 is 4.73. The Hall–Kier alpha value is -2.17. The number of cyclic esters (lactones) is 1. The van der Waals surface area contributed by atoms with E-state index in [-0.39, 0.29) is 18.3 Å². The molecule has 0 saturated heterocycles. The molecule has 0 fully saturated rings. The molecule has 1 aliphatic rings. The largest absolute Gasteiger partial charge is 0.458 e. The number of rotatable bonds is 2. The molecule has 0 aliphatic carbocycles. The Balaban J connectivity index is 2.31. The highest BCUT2D eigenvalue weighted by Gasteiger charge is 2.18. The molecule has 0 atom stereocenters. The molecule has 2 rings (SSSR count). The fraction of sp³-hybridized carbons (Fsp3) is 0.100. The van der Waals surface area contributed by atoms with Crippen LogP contribution in [-0.2, 0) is 9.53 Å². The van der Waals surface area contributed by atoms with E-state index in [0.717, 1.165) is 0 Å². The quantitative estimate of drug-likeness (QED) is 0.417. The van der Waals surface area contributed by atoms with Crippen molar-refractivity contribution in [3.63, 3.8) is 0 Å². The van der Waals surface area contributed by atoms with Gasteiger partial charge in [-0.3, -0.25) is 10.1 Å². The van der Waals surface area contributed by atoms with Gasteiger partial charge in [-0.2, -0.15) is 0 Å². The lowest BCUT2D eigenvalue weighted by molar-refractivity contribution is -0.384. The van der Waals surface area contributed by atoms with Gasteiger partial charge in [0.25, 0.3) is 5.69 Å². The summed E-state index contributed by atoms with van der Waals surface area (Å²) in [5.74, 6) is -0.385. The first-order valence-corrected chi connectivity index (χ1v) is 4.30. The molecule has 15 heavy (non-hydrogen) atoms. The van der Waals surface area contributed by atoms with E-state index in [1.165, 1.54) is 24.3 Å². The van der Waals surface area contributed by atoms with Crippen molar-refractivity contribution in [3.8, 4) is 0 Å². The average Bonchev–Trinajstić information content (AvgIpc) is 2.65. The second-order valence-corrected chi connectivity index (χ2v) is 3.02. The minimum Gasteiger partial charge on any atom is -0.458 e. The van der Waals surface area contributed by atoms with E-state index in [9.17, 15) is 14.9 Å². The monoisotopic (exact) mass is 205 g/mol. The standard InChI is InChI=1S/C10H7NO4/c12-10-9(5-6-15-10)7-1-3-8(4-2-7)11(13)14/h1-5H,6H2. The van der Waals surface area contributed by atoms with Crippen molar-refractivity contribution in [1.29, 1.82) is 0 Å². The van der Waals surface area contributed by atoms with E-state index in [1.807, 2.05) is 0 Å². The van der Waals surface area contributed by atoms with Gasteiger partial charge in [0.1, 0.15) is 6.61 Å². The summed E-state index contributed by atoms with van der Waals surface area (Å²) >= 11 is 0. The molecule has 76 valence electrons. The molecule has 0 amide bonds. The molecule has 0 N–H and O–H groups in total. The number of esters is 1. The maximum Gasteiger partial charge on any atom is 0.338 e. The highest BCUT2D eigenvalue weighted by atomic mass is 16.6. The van der Waals surface area contributed by atoms with E-state index >= 15 is 0 Å². The predicted molar refractivity (Wildman–Crippen MR) is 52.0 cm³/mol. The second kappa shape index (κ2) is 3.53. The molecule has 0 unspecified atom stereocenters. The number of hydrogen-bond acceptors (Lipinski definition) is 4. The summed E-state index contributed by atoms with van der Waals surface area (Å²) in [6.07, 6.45) is 1.66. The first kappa shape index (κ1) is 9.39. The number of nitro groups is 1. The van der Waals surface area contributed by atoms with E-state index in [0.29, 0.717) is 11.1 Å². The number of nitro benzene ring substituents is 1. The Morgan fingerprint density at radius 3 is 2.40 bits per heavy atom. The van der Waals surface area contributed by atoms with E-state index < -0.39 is 4.92 Å². The van der Waals surface area contributed by atoms with Crippen LogP contribution in [0.5, 0.6) is 0 Å². The van der Waals surface area contributed by atoms with Gasteiger partial charge in [0.2, 0.25) is 0 Å². The van der Waals surface area contributed by atoms with Crippen LogP contribution in [0.1, 0.15) is 5.56 Å². The Morgan fingerprint density at radius 1 is 1.27 bits per heavy atom. The van der Waals surface area contributed by atoms with Crippen molar-refractivity contribution in [2.24, 2.45) is 0 Å². The smallest absolute Gasteiger partial charge is 0.338 e. The lowest BCUT2D eigenvalue weighted by Crippen LogP contribution is -1.98. The van der Waals surface area contributed by atoms with Gasteiger partial charge < -0.3 is 4.74 Å². The van der Waals surface area contributed by atoms with Crippen LogP contribution in [-0.4, -0.2) is 17.5 Å². The number of ether oxygens (including phenoxy) is 1. The number of hydrogen-bond donors (Lipinski definition) is 0. The molecule has 0 spiro atoms. The summed E-state index contributed by atoms with van der Waals surface area (Å²) in [5.41, 5.74) is 1.11. The van der Waals surface area contributed by atoms with Crippen molar-refractivity contribution in [2.75, 3.05) is 6.61 Å². The van der Waals surface area contributed by atoms with Crippen LogP contribution in [0, 0.1) is 10.1 Å². The summed E-state index contributed by atoms with van der Waals surface area (Å²) in [5, 5.41) is 10.4. The number of carbonyl (C=O) groups excluding carboxylic acids is 1. The first-order chi connectivity index (χ1) is 7.18. The summed E-state index contributed by atoms with van der Waals surface area (Å²) in [7, 11) is 0. The SMILES string of the molecule is O=C1OCC=C1c1ccc([N+](=O)[O-])cc1. The van der Waals surface area contributed by atoms with Gasteiger partial charge in [-0.1, -0.05) is 0 Å². The lowest BCUT2D eigenvalue weighted by Gasteiger charge is -1.98. The third kappa shape index (κ3) is 1.71. The van der Waals surface area contributed by atoms with Gasteiger partial charge >= 0.3 is 5.97 Å². The molecule has 0 aromatic heterocycles. The molecule has 1 aromatic carbocycles. The number of carbonyl (C=O) groups is 1. The third-order valence-electron chi connectivity index (χ3n) is 2.11. The van der Waals surface area contributed by atoms with Gasteiger partial charge in [0.05, 0.1) is 10.5 Å².